The monoisotopic (exact) mass is 307 g/mol. The fourth-order valence-corrected chi connectivity index (χ4v) is 3.49. The Balaban J connectivity index is 1.82. The summed E-state index contributed by atoms with van der Waals surface area (Å²) < 4.78 is 33.9. The summed E-state index contributed by atoms with van der Waals surface area (Å²) in [6.07, 6.45) is -2.05. The van der Waals surface area contributed by atoms with Crippen LogP contribution in [0.15, 0.2) is 4.52 Å². The van der Waals surface area contributed by atoms with E-state index in [1.807, 2.05) is 11.8 Å². The highest BCUT2D eigenvalue weighted by molar-refractivity contribution is 7.99. The molecule has 114 valence electrons. The molecule has 0 aromatic carbocycles. The van der Waals surface area contributed by atoms with Gasteiger partial charge < -0.3 is 14.6 Å². The van der Waals surface area contributed by atoms with Crippen LogP contribution in [0.5, 0.6) is 0 Å². The summed E-state index contributed by atoms with van der Waals surface area (Å²) >= 11 is 1.86. The van der Waals surface area contributed by atoms with Gasteiger partial charge in [-0.1, -0.05) is 12.1 Å². The summed E-state index contributed by atoms with van der Waals surface area (Å²) in [6.45, 7) is 2.61. The van der Waals surface area contributed by atoms with Gasteiger partial charge in [0.2, 0.25) is 5.89 Å². The molecule has 0 amide bonds. The number of rotatable bonds is 8. The molecule has 20 heavy (non-hydrogen) atoms. The van der Waals surface area contributed by atoms with Gasteiger partial charge in [-0.3, -0.25) is 0 Å². The number of nitrogens with one attached hydrogen (secondary N) is 1. The molecule has 0 aliphatic carbocycles. The fraction of sp³-hybridized carbons (Fsp3) is 0.833. The van der Waals surface area contributed by atoms with Crippen molar-refractivity contribution in [2.75, 3.05) is 31.3 Å². The first-order chi connectivity index (χ1) is 9.70. The molecule has 1 fully saturated rings. The SMILES string of the molecule is CCNC1CSCC1c1nc(CCOCC(F)F)no1. The Kier molecular flexibility index (Phi) is 6.18. The highest BCUT2D eigenvalue weighted by Crippen LogP contribution is 2.31. The number of likely N-dealkylation sites (N-methyl/N-ethyl adjacent to an activating group) is 1. The molecule has 1 N–H and O–H groups in total. The molecule has 5 nitrogen and oxygen atoms in total. The Bertz CT molecular complexity index is 406. The predicted molar refractivity (Wildman–Crippen MR) is 72.4 cm³/mol. The van der Waals surface area contributed by atoms with E-state index in [4.69, 9.17) is 9.26 Å². The van der Waals surface area contributed by atoms with Gasteiger partial charge in [0.15, 0.2) is 5.82 Å². The second-order valence-electron chi connectivity index (χ2n) is 4.57. The zero-order valence-corrected chi connectivity index (χ0v) is 12.2. The number of nitrogens with zero attached hydrogens (tertiary/aromatic N) is 2. The molecular formula is C12H19F2N3O2S. The average molecular weight is 307 g/mol. The largest absolute Gasteiger partial charge is 0.375 e. The topological polar surface area (TPSA) is 60.2 Å². The van der Waals surface area contributed by atoms with Crippen LogP contribution in [-0.4, -0.2) is 53.9 Å². The van der Waals surface area contributed by atoms with Crippen LogP contribution in [-0.2, 0) is 11.2 Å². The molecule has 1 saturated heterocycles. The Morgan fingerprint density at radius 2 is 2.35 bits per heavy atom. The lowest BCUT2D eigenvalue weighted by atomic mass is 10.0. The highest BCUT2D eigenvalue weighted by Gasteiger charge is 2.32. The molecule has 0 radical (unpaired) electrons. The smallest absolute Gasteiger partial charge is 0.261 e. The van der Waals surface area contributed by atoms with Gasteiger partial charge in [-0.05, 0) is 6.54 Å². The van der Waals surface area contributed by atoms with Crippen molar-refractivity contribution in [3.63, 3.8) is 0 Å². The third kappa shape index (κ3) is 4.39. The zero-order valence-electron chi connectivity index (χ0n) is 11.3. The molecule has 0 bridgehead atoms. The number of alkyl halides is 2. The van der Waals surface area contributed by atoms with Crippen molar-refractivity contribution in [3.8, 4) is 0 Å². The maximum atomic E-state index is 11.9. The molecule has 1 aliphatic heterocycles. The van der Waals surface area contributed by atoms with Gasteiger partial charge in [0.25, 0.3) is 6.43 Å². The number of hydrogen-bond acceptors (Lipinski definition) is 6. The van der Waals surface area contributed by atoms with Crippen LogP contribution in [0.25, 0.3) is 0 Å². The lowest BCUT2D eigenvalue weighted by Gasteiger charge is -2.15. The fourth-order valence-electron chi connectivity index (χ4n) is 2.12. The zero-order chi connectivity index (χ0) is 14.4. The normalized spacial score (nSPS) is 22.8. The Morgan fingerprint density at radius 3 is 3.10 bits per heavy atom. The van der Waals surface area contributed by atoms with E-state index in [-0.39, 0.29) is 12.5 Å². The minimum atomic E-state index is -2.44. The molecule has 2 heterocycles. The van der Waals surface area contributed by atoms with Gasteiger partial charge in [0.05, 0.1) is 12.5 Å². The van der Waals surface area contributed by atoms with Crippen molar-refractivity contribution in [1.82, 2.24) is 15.5 Å². The molecular weight excluding hydrogens is 288 g/mol. The molecule has 0 spiro atoms. The summed E-state index contributed by atoms with van der Waals surface area (Å²) in [5, 5.41) is 7.29. The van der Waals surface area contributed by atoms with E-state index < -0.39 is 13.0 Å². The van der Waals surface area contributed by atoms with Crippen molar-refractivity contribution < 1.29 is 18.0 Å². The van der Waals surface area contributed by atoms with E-state index in [9.17, 15) is 8.78 Å². The Labute approximate surface area is 120 Å². The minimum Gasteiger partial charge on any atom is -0.375 e. The van der Waals surface area contributed by atoms with Crippen molar-refractivity contribution in [1.29, 1.82) is 0 Å². The number of aromatic nitrogens is 2. The van der Waals surface area contributed by atoms with Crippen LogP contribution in [0.4, 0.5) is 8.78 Å². The van der Waals surface area contributed by atoms with Crippen LogP contribution >= 0.6 is 11.8 Å². The maximum absolute atomic E-state index is 11.9. The third-order valence-electron chi connectivity index (χ3n) is 3.06. The maximum Gasteiger partial charge on any atom is 0.261 e. The summed E-state index contributed by atoms with van der Waals surface area (Å²) in [6, 6.07) is 0.355. The van der Waals surface area contributed by atoms with Crippen molar-refractivity contribution in [3.05, 3.63) is 11.7 Å². The molecule has 8 heteroatoms. The summed E-state index contributed by atoms with van der Waals surface area (Å²) in [4.78, 5) is 4.34. The van der Waals surface area contributed by atoms with Gasteiger partial charge in [-0.25, -0.2) is 8.78 Å². The lowest BCUT2D eigenvalue weighted by molar-refractivity contribution is 0.0182. The van der Waals surface area contributed by atoms with Crippen LogP contribution in [0.3, 0.4) is 0 Å². The summed E-state index contributed by atoms with van der Waals surface area (Å²) in [5.74, 6) is 3.36. The summed E-state index contributed by atoms with van der Waals surface area (Å²) in [5.41, 5.74) is 0. The van der Waals surface area contributed by atoms with Crippen molar-refractivity contribution in [2.24, 2.45) is 0 Å². The predicted octanol–water partition coefficient (Wildman–Crippen LogP) is 1.70. The Morgan fingerprint density at radius 1 is 1.50 bits per heavy atom. The number of thioether (sulfide) groups is 1. The van der Waals surface area contributed by atoms with Gasteiger partial charge in [-0.15, -0.1) is 0 Å². The lowest BCUT2D eigenvalue weighted by Crippen LogP contribution is -2.34. The molecule has 1 aliphatic rings. The molecule has 2 rings (SSSR count). The average Bonchev–Trinajstić information content (AvgIpc) is 3.03. The summed E-state index contributed by atoms with van der Waals surface area (Å²) in [7, 11) is 0. The molecule has 2 unspecified atom stereocenters. The standard InChI is InChI=1S/C12H19F2N3O2S/c1-2-15-9-7-20-6-8(9)12-16-11(17-19-12)3-4-18-5-10(13)14/h8-10,15H,2-7H2,1H3. The number of halogens is 2. The quantitative estimate of drug-likeness (QED) is 0.738. The molecule has 0 saturated carbocycles. The van der Waals surface area contributed by atoms with E-state index in [1.54, 1.807) is 0 Å². The number of hydrogen-bond donors (Lipinski definition) is 1. The van der Waals surface area contributed by atoms with Crippen molar-refractivity contribution >= 4 is 11.8 Å². The first-order valence-electron chi connectivity index (χ1n) is 6.70. The van der Waals surface area contributed by atoms with Gasteiger partial charge in [-0.2, -0.15) is 16.7 Å². The van der Waals surface area contributed by atoms with E-state index in [2.05, 4.69) is 22.4 Å². The number of ether oxygens (including phenoxy) is 1. The minimum absolute atomic E-state index is 0.180. The first kappa shape index (κ1) is 15.7. The van der Waals surface area contributed by atoms with Crippen LogP contribution < -0.4 is 5.32 Å². The van der Waals surface area contributed by atoms with Crippen LogP contribution in [0.2, 0.25) is 0 Å². The van der Waals surface area contributed by atoms with Gasteiger partial charge in [0, 0.05) is 24.0 Å². The Hall–Kier alpha value is -0.730. The molecule has 1 aromatic rings. The highest BCUT2D eigenvalue weighted by atomic mass is 32.2. The molecule has 2 atom stereocenters. The van der Waals surface area contributed by atoms with Crippen LogP contribution in [0.1, 0.15) is 24.6 Å². The van der Waals surface area contributed by atoms with E-state index in [1.165, 1.54) is 0 Å². The van der Waals surface area contributed by atoms with Crippen LogP contribution in [0, 0.1) is 0 Å². The van der Waals surface area contributed by atoms with E-state index >= 15 is 0 Å². The van der Waals surface area contributed by atoms with E-state index in [0.717, 1.165) is 18.1 Å². The second-order valence-corrected chi connectivity index (χ2v) is 5.65. The van der Waals surface area contributed by atoms with Gasteiger partial charge in [0.1, 0.15) is 6.61 Å². The van der Waals surface area contributed by atoms with Gasteiger partial charge >= 0.3 is 0 Å². The van der Waals surface area contributed by atoms with E-state index in [0.29, 0.717) is 24.2 Å². The third-order valence-corrected chi connectivity index (χ3v) is 4.25. The van der Waals surface area contributed by atoms with Crippen molar-refractivity contribution in [2.45, 2.75) is 31.7 Å². The first-order valence-corrected chi connectivity index (χ1v) is 7.85. The molecule has 1 aromatic heterocycles. The second kappa shape index (κ2) is 7.90.